The first-order chi connectivity index (χ1) is 15.9. The molecule has 0 aromatic carbocycles. The van der Waals surface area contributed by atoms with Gasteiger partial charge in [-0.1, -0.05) is 25.2 Å². The fourth-order valence-electron chi connectivity index (χ4n) is 4.99. The normalized spacial score (nSPS) is 20.7. The van der Waals surface area contributed by atoms with Crippen molar-refractivity contribution < 1.29 is 0 Å². The third-order valence-electron chi connectivity index (χ3n) is 6.94. The van der Waals surface area contributed by atoms with Crippen molar-refractivity contribution >= 4 is 38.5 Å². The van der Waals surface area contributed by atoms with E-state index in [4.69, 9.17) is 4.98 Å². The van der Waals surface area contributed by atoms with Crippen molar-refractivity contribution in [2.24, 2.45) is 7.05 Å². The molecule has 33 heavy (non-hydrogen) atoms. The van der Waals surface area contributed by atoms with Gasteiger partial charge in [-0.25, -0.2) is 14.8 Å². The number of rotatable bonds is 5. The number of aryl methyl sites for hydroxylation is 2. The zero-order valence-electron chi connectivity index (χ0n) is 19.7. The molecule has 1 saturated heterocycles. The number of anilines is 1. The average Bonchev–Trinajstić information content (AvgIpc) is 3.45. The number of hydrogen-bond acceptors (Lipinski definition) is 8. The van der Waals surface area contributed by atoms with Crippen molar-refractivity contribution in [1.82, 2.24) is 34.6 Å². The lowest BCUT2D eigenvalue weighted by atomic mass is 9.99. The van der Waals surface area contributed by atoms with Crippen molar-refractivity contribution in [3.8, 4) is 0 Å². The van der Waals surface area contributed by atoms with Gasteiger partial charge >= 0.3 is 5.69 Å². The molecule has 0 aliphatic carbocycles. The van der Waals surface area contributed by atoms with E-state index in [1.165, 1.54) is 0 Å². The number of fused-ring (bicyclic) bond motifs is 2. The molecule has 0 saturated carbocycles. The van der Waals surface area contributed by atoms with Crippen LogP contribution in [0, 0.1) is 6.92 Å². The summed E-state index contributed by atoms with van der Waals surface area (Å²) in [6.45, 7) is 10.4. The van der Waals surface area contributed by atoms with Crippen LogP contribution in [0.3, 0.4) is 0 Å². The molecule has 0 amide bonds. The van der Waals surface area contributed by atoms with Gasteiger partial charge in [0.05, 0.1) is 16.2 Å². The molecule has 1 aliphatic rings. The van der Waals surface area contributed by atoms with Crippen LogP contribution in [0.4, 0.5) is 5.82 Å². The molecule has 0 bridgehead atoms. The Kier molecular flexibility index (Phi) is 5.65. The Labute approximate surface area is 196 Å². The highest BCUT2D eigenvalue weighted by Crippen LogP contribution is 2.33. The molecule has 9 nitrogen and oxygen atoms in total. The highest BCUT2D eigenvalue weighted by Gasteiger charge is 2.37. The summed E-state index contributed by atoms with van der Waals surface area (Å²) in [5.41, 5.74) is 3.32. The summed E-state index contributed by atoms with van der Waals surface area (Å²) in [5.74, 6) is 0.687. The zero-order chi connectivity index (χ0) is 23.3. The Morgan fingerprint density at radius 3 is 2.70 bits per heavy atom. The minimum atomic E-state index is -0.255. The summed E-state index contributed by atoms with van der Waals surface area (Å²) in [6, 6.07) is 4.92. The summed E-state index contributed by atoms with van der Waals surface area (Å²) in [6.07, 6.45) is 3.71. The van der Waals surface area contributed by atoms with Crippen LogP contribution in [0.15, 0.2) is 23.1 Å². The lowest BCUT2D eigenvalue weighted by Gasteiger charge is -2.48. The molecule has 4 aromatic heterocycles. The van der Waals surface area contributed by atoms with Gasteiger partial charge in [0.15, 0.2) is 11.3 Å². The highest BCUT2D eigenvalue weighted by atomic mass is 32.1. The molecule has 10 heteroatoms. The van der Waals surface area contributed by atoms with Gasteiger partial charge < -0.3 is 4.90 Å². The summed E-state index contributed by atoms with van der Waals surface area (Å²) in [5, 5.41) is 8.38. The summed E-state index contributed by atoms with van der Waals surface area (Å²) >= 11 is 1.65. The quantitative estimate of drug-likeness (QED) is 0.481. The van der Waals surface area contributed by atoms with Crippen LogP contribution in [0.2, 0.25) is 0 Å². The number of H-pyrrole nitrogens is 1. The van der Waals surface area contributed by atoms with Crippen molar-refractivity contribution in [3.05, 3.63) is 39.5 Å². The molecule has 0 radical (unpaired) electrons. The van der Waals surface area contributed by atoms with Gasteiger partial charge in [0.1, 0.15) is 10.3 Å². The lowest BCUT2D eigenvalue weighted by molar-refractivity contribution is 0.0989. The smallest absolute Gasteiger partial charge is 0.349 e. The molecule has 1 unspecified atom stereocenters. The van der Waals surface area contributed by atoms with E-state index >= 15 is 0 Å². The zero-order valence-corrected chi connectivity index (χ0v) is 20.6. The van der Waals surface area contributed by atoms with Gasteiger partial charge in [-0.2, -0.15) is 10.1 Å². The van der Waals surface area contributed by atoms with Gasteiger partial charge in [-0.15, -0.1) is 0 Å². The molecule has 174 valence electrons. The van der Waals surface area contributed by atoms with E-state index < -0.39 is 0 Å². The van der Waals surface area contributed by atoms with Crippen molar-refractivity contribution in [3.63, 3.8) is 0 Å². The third kappa shape index (κ3) is 3.71. The number of piperazine rings is 1. The molecule has 5 rings (SSSR count). The minimum Gasteiger partial charge on any atom is -0.349 e. The standard InChI is InChI=1S/C23H30N8OS/c1-6-15-12-31(21-20-19(10-24-28-20)29(5)23(32)27-21)16(7-2)11-30(15)13(3)17-8-9-18-22(26-17)33-14(4)25-18/h8-10,13,15-16H,6-7,11-12H2,1-5H3,(H,24,28)/t13?,15-,16+/m1/s1. The van der Waals surface area contributed by atoms with Gasteiger partial charge in [-0.05, 0) is 38.8 Å². The number of pyridine rings is 1. The molecule has 4 aromatic rings. The first-order valence-electron chi connectivity index (χ1n) is 11.6. The number of hydrogen-bond donors (Lipinski definition) is 1. The predicted molar refractivity (Wildman–Crippen MR) is 132 cm³/mol. The topological polar surface area (TPSA) is 95.8 Å². The second kappa shape index (κ2) is 8.49. The number of aromatic nitrogens is 6. The molecule has 3 atom stereocenters. The Morgan fingerprint density at radius 1 is 1.15 bits per heavy atom. The van der Waals surface area contributed by atoms with Gasteiger partial charge in [-0.3, -0.25) is 14.6 Å². The first-order valence-corrected chi connectivity index (χ1v) is 12.4. The minimum absolute atomic E-state index is 0.181. The summed E-state index contributed by atoms with van der Waals surface area (Å²) in [7, 11) is 1.73. The average molecular weight is 467 g/mol. The Hall–Kier alpha value is -2.85. The van der Waals surface area contributed by atoms with Gasteiger partial charge in [0.25, 0.3) is 0 Å². The van der Waals surface area contributed by atoms with E-state index in [0.717, 1.165) is 58.0 Å². The van der Waals surface area contributed by atoms with Crippen molar-refractivity contribution in [1.29, 1.82) is 0 Å². The number of thiazole rings is 1. The number of nitrogens with zero attached hydrogens (tertiary/aromatic N) is 7. The largest absolute Gasteiger partial charge is 0.349 e. The SMILES string of the molecule is CC[C@H]1CN(C(C)c2ccc3nc(C)sc3n2)[C@H](CC)CN1c1nc(=O)n(C)c2c[nH]nc12. The van der Waals surface area contributed by atoms with Crippen LogP contribution < -0.4 is 10.6 Å². The maximum atomic E-state index is 12.6. The fraction of sp³-hybridized carbons (Fsp3) is 0.522. The van der Waals surface area contributed by atoms with Gasteiger partial charge in [0, 0.05) is 44.5 Å². The fourth-order valence-corrected chi connectivity index (χ4v) is 5.78. The van der Waals surface area contributed by atoms with Crippen LogP contribution >= 0.6 is 11.3 Å². The molecule has 1 fully saturated rings. The van der Waals surface area contributed by atoms with E-state index in [-0.39, 0.29) is 17.8 Å². The Morgan fingerprint density at radius 2 is 1.94 bits per heavy atom. The molecule has 5 heterocycles. The van der Waals surface area contributed by atoms with E-state index in [9.17, 15) is 4.79 Å². The highest BCUT2D eigenvalue weighted by molar-refractivity contribution is 7.18. The lowest BCUT2D eigenvalue weighted by Crippen LogP contribution is -2.59. The second-order valence-electron chi connectivity index (χ2n) is 8.84. The predicted octanol–water partition coefficient (Wildman–Crippen LogP) is 3.41. The second-order valence-corrected chi connectivity index (χ2v) is 10.0. The van der Waals surface area contributed by atoms with Crippen LogP contribution in [-0.4, -0.2) is 59.8 Å². The molecular formula is C23H30N8OS. The molecule has 0 spiro atoms. The van der Waals surface area contributed by atoms with E-state index in [1.807, 2.05) is 6.92 Å². The van der Waals surface area contributed by atoms with Crippen LogP contribution in [-0.2, 0) is 7.05 Å². The first kappa shape index (κ1) is 22.0. The van der Waals surface area contributed by atoms with Gasteiger partial charge in [0.2, 0.25) is 0 Å². The van der Waals surface area contributed by atoms with Crippen molar-refractivity contribution in [2.45, 2.75) is 58.7 Å². The van der Waals surface area contributed by atoms with Crippen LogP contribution in [0.25, 0.3) is 21.4 Å². The van der Waals surface area contributed by atoms with Crippen LogP contribution in [0.1, 0.15) is 50.4 Å². The Balaban J connectivity index is 1.49. The number of aromatic amines is 1. The third-order valence-corrected chi connectivity index (χ3v) is 7.83. The maximum absolute atomic E-state index is 12.6. The monoisotopic (exact) mass is 466 g/mol. The van der Waals surface area contributed by atoms with E-state index in [2.05, 4.69) is 62.9 Å². The van der Waals surface area contributed by atoms with Crippen LogP contribution in [0.5, 0.6) is 0 Å². The summed E-state index contributed by atoms with van der Waals surface area (Å²) < 4.78 is 1.54. The molecule has 1 N–H and O–H groups in total. The summed E-state index contributed by atoms with van der Waals surface area (Å²) in [4.78, 5) is 32.4. The maximum Gasteiger partial charge on any atom is 0.349 e. The number of nitrogens with one attached hydrogen (secondary N) is 1. The Bertz CT molecular complexity index is 1360. The molecule has 1 aliphatic heterocycles. The van der Waals surface area contributed by atoms with E-state index in [0.29, 0.717) is 11.9 Å². The van der Waals surface area contributed by atoms with E-state index in [1.54, 1.807) is 29.1 Å². The molecular weight excluding hydrogens is 436 g/mol. The van der Waals surface area contributed by atoms with Crippen molar-refractivity contribution in [2.75, 3.05) is 18.0 Å².